The van der Waals surface area contributed by atoms with E-state index in [2.05, 4.69) is 19.7 Å². The molecule has 1 aliphatic rings. The van der Waals surface area contributed by atoms with Crippen molar-refractivity contribution in [3.8, 4) is 0 Å². The van der Waals surface area contributed by atoms with Crippen LogP contribution < -0.4 is 0 Å². The minimum absolute atomic E-state index is 0.00460. The van der Waals surface area contributed by atoms with Crippen molar-refractivity contribution < 1.29 is 4.79 Å². The molecule has 1 fully saturated rings. The third kappa shape index (κ3) is 3.19. The topological polar surface area (TPSA) is 20.3 Å². The molecule has 0 saturated carbocycles. The lowest BCUT2D eigenvalue weighted by Crippen LogP contribution is -2.34. The number of carbonyl (C=O) groups is 1. The Kier molecular flexibility index (Phi) is 4.50. The van der Waals surface area contributed by atoms with E-state index in [1.807, 2.05) is 24.8 Å². The molecule has 0 aromatic rings. The molecular formula is C15H21NO. The number of carbonyl (C=O) groups excluding carboxylic acids is 1. The van der Waals surface area contributed by atoms with Crippen LogP contribution in [0.1, 0.15) is 26.7 Å². The molecule has 92 valence electrons. The molecule has 1 atom stereocenters. The molecule has 0 N–H and O–H groups in total. The summed E-state index contributed by atoms with van der Waals surface area (Å²) < 4.78 is 0. The molecule has 1 unspecified atom stereocenters. The van der Waals surface area contributed by atoms with Crippen LogP contribution in [0.15, 0.2) is 48.6 Å². The molecule has 0 aliphatic carbocycles. The number of hydrogen-bond acceptors (Lipinski definition) is 1. The van der Waals surface area contributed by atoms with E-state index in [1.54, 1.807) is 0 Å². The summed E-state index contributed by atoms with van der Waals surface area (Å²) in [5, 5.41) is 0. The third-order valence-corrected chi connectivity index (χ3v) is 3.21. The van der Waals surface area contributed by atoms with E-state index in [4.69, 9.17) is 0 Å². The molecule has 2 heteroatoms. The van der Waals surface area contributed by atoms with Gasteiger partial charge >= 0.3 is 0 Å². The number of rotatable bonds is 4. The summed E-state index contributed by atoms with van der Waals surface area (Å²) >= 11 is 0. The molecule has 0 radical (unpaired) electrons. The van der Waals surface area contributed by atoms with Gasteiger partial charge in [-0.1, -0.05) is 31.4 Å². The van der Waals surface area contributed by atoms with Crippen LogP contribution in [0.4, 0.5) is 0 Å². The van der Waals surface area contributed by atoms with Crippen LogP contribution in [-0.2, 0) is 4.79 Å². The molecule has 1 aliphatic heterocycles. The fourth-order valence-corrected chi connectivity index (χ4v) is 2.03. The van der Waals surface area contributed by atoms with Gasteiger partial charge in [0.05, 0.1) is 6.04 Å². The van der Waals surface area contributed by atoms with Gasteiger partial charge in [-0.3, -0.25) is 4.79 Å². The molecule has 17 heavy (non-hydrogen) atoms. The number of allylic oxidation sites excluding steroid dienone is 2. The van der Waals surface area contributed by atoms with E-state index in [9.17, 15) is 4.79 Å². The van der Waals surface area contributed by atoms with Gasteiger partial charge in [-0.05, 0) is 43.9 Å². The predicted molar refractivity (Wildman–Crippen MR) is 72.6 cm³/mol. The van der Waals surface area contributed by atoms with Crippen LogP contribution in [0.3, 0.4) is 0 Å². The highest BCUT2D eigenvalue weighted by molar-refractivity contribution is 5.87. The molecule has 2 nitrogen and oxygen atoms in total. The van der Waals surface area contributed by atoms with Gasteiger partial charge in [-0.15, -0.1) is 0 Å². The Bertz CT molecular complexity index is 390. The number of hydrogen-bond donors (Lipinski definition) is 0. The summed E-state index contributed by atoms with van der Waals surface area (Å²) in [5.41, 5.74) is 3.14. The molecule has 1 heterocycles. The van der Waals surface area contributed by atoms with Crippen molar-refractivity contribution in [1.82, 2.24) is 4.90 Å². The van der Waals surface area contributed by atoms with E-state index < -0.39 is 0 Å². The Morgan fingerprint density at radius 2 is 2.00 bits per heavy atom. The van der Waals surface area contributed by atoms with Gasteiger partial charge in [0.25, 0.3) is 0 Å². The van der Waals surface area contributed by atoms with Gasteiger partial charge in [0.2, 0.25) is 5.91 Å². The first kappa shape index (κ1) is 13.5. The third-order valence-electron chi connectivity index (χ3n) is 3.21. The lowest BCUT2D eigenvalue weighted by atomic mass is 10.0. The first-order valence-corrected chi connectivity index (χ1v) is 5.93. The SMILES string of the molecule is C=CC(=O)N1CCCC1C(=C)/C=C(\C)C(=C)C. The zero-order valence-corrected chi connectivity index (χ0v) is 10.8. The zero-order chi connectivity index (χ0) is 13.0. The van der Waals surface area contributed by atoms with Crippen LogP contribution in [-0.4, -0.2) is 23.4 Å². The zero-order valence-electron chi connectivity index (χ0n) is 10.8. The predicted octanol–water partition coefficient (Wildman–Crippen LogP) is 3.24. The molecule has 1 amide bonds. The van der Waals surface area contributed by atoms with Gasteiger partial charge in [-0.25, -0.2) is 0 Å². The van der Waals surface area contributed by atoms with E-state index in [0.717, 1.165) is 36.1 Å². The second-order valence-electron chi connectivity index (χ2n) is 4.58. The minimum Gasteiger partial charge on any atom is -0.332 e. The Labute approximate surface area is 104 Å². The van der Waals surface area contributed by atoms with Crippen LogP contribution in [0.5, 0.6) is 0 Å². The lowest BCUT2D eigenvalue weighted by Gasteiger charge is -2.24. The summed E-state index contributed by atoms with van der Waals surface area (Å²) in [6, 6.07) is 0.120. The largest absolute Gasteiger partial charge is 0.332 e. The van der Waals surface area contributed by atoms with Crippen molar-refractivity contribution in [1.29, 1.82) is 0 Å². The number of nitrogens with zero attached hydrogens (tertiary/aromatic N) is 1. The highest BCUT2D eigenvalue weighted by atomic mass is 16.2. The maximum atomic E-state index is 11.7. The van der Waals surface area contributed by atoms with Crippen molar-refractivity contribution >= 4 is 5.91 Å². The maximum Gasteiger partial charge on any atom is 0.246 e. The van der Waals surface area contributed by atoms with Crippen LogP contribution in [0.2, 0.25) is 0 Å². The molecule has 0 aromatic heterocycles. The normalized spacial score (nSPS) is 20.2. The molecule has 0 aromatic carbocycles. The Morgan fingerprint density at radius 3 is 2.53 bits per heavy atom. The standard InChI is InChI=1S/C15H21NO/c1-6-15(17)16-9-7-8-14(16)13(5)10-12(4)11(2)3/h6,10,14H,1-2,5,7-9H2,3-4H3/b12-10+. The van der Waals surface area contributed by atoms with Crippen molar-refractivity contribution in [2.45, 2.75) is 32.7 Å². The van der Waals surface area contributed by atoms with E-state index in [0.29, 0.717) is 0 Å². The van der Waals surface area contributed by atoms with Gasteiger partial charge < -0.3 is 4.90 Å². The number of amides is 1. The average Bonchev–Trinajstić information content (AvgIpc) is 2.76. The van der Waals surface area contributed by atoms with E-state index in [-0.39, 0.29) is 11.9 Å². The van der Waals surface area contributed by atoms with Gasteiger partial charge in [0.1, 0.15) is 0 Å². The maximum absolute atomic E-state index is 11.7. The Hall–Kier alpha value is -1.57. The second-order valence-corrected chi connectivity index (χ2v) is 4.58. The molecule has 1 saturated heterocycles. The van der Waals surface area contributed by atoms with Crippen molar-refractivity contribution in [2.24, 2.45) is 0 Å². The fourth-order valence-electron chi connectivity index (χ4n) is 2.03. The summed E-state index contributed by atoms with van der Waals surface area (Å²) in [6.07, 6.45) is 5.42. The molecular weight excluding hydrogens is 210 g/mol. The van der Waals surface area contributed by atoms with Crippen LogP contribution >= 0.6 is 0 Å². The first-order chi connectivity index (χ1) is 7.97. The quantitative estimate of drug-likeness (QED) is 0.537. The summed E-state index contributed by atoms with van der Waals surface area (Å²) in [4.78, 5) is 13.5. The molecule has 0 bridgehead atoms. The monoisotopic (exact) mass is 231 g/mol. The van der Waals surface area contributed by atoms with Crippen molar-refractivity contribution in [3.63, 3.8) is 0 Å². The fraction of sp³-hybridized carbons (Fsp3) is 0.400. The molecule has 1 rings (SSSR count). The Morgan fingerprint density at radius 1 is 1.35 bits per heavy atom. The van der Waals surface area contributed by atoms with Gasteiger partial charge in [0.15, 0.2) is 0 Å². The van der Waals surface area contributed by atoms with Crippen LogP contribution in [0.25, 0.3) is 0 Å². The van der Waals surface area contributed by atoms with Crippen molar-refractivity contribution in [3.05, 3.63) is 48.6 Å². The average molecular weight is 231 g/mol. The molecule has 0 spiro atoms. The highest BCUT2D eigenvalue weighted by Gasteiger charge is 2.28. The van der Waals surface area contributed by atoms with Crippen LogP contribution in [0, 0.1) is 0 Å². The second kappa shape index (κ2) is 5.67. The smallest absolute Gasteiger partial charge is 0.246 e. The van der Waals surface area contributed by atoms with E-state index in [1.165, 1.54) is 6.08 Å². The number of likely N-dealkylation sites (tertiary alicyclic amines) is 1. The van der Waals surface area contributed by atoms with Gasteiger partial charge in [-0.2, -0.15) is 0 Å². The highest BCUT2D eigenvalue weighted by Crippen LogP contribution is 2.25. The summed E-state index contributed by atoms with van der Waals surface area (Å²) in [6.45, 7) is 16.3. The van der Waals surface area contributed by atoms with E-state index >= 15 is 0 Å². The van der Waals surface area contributed by atoms with Crippen molar-refractivity contribution in [2.75, 3.05) is 6.54 Å². The Balaban J connectivity index is 2.82. The van der Waals surface area contributed by atoms with Gasteiger partial charge in [0, 0.05) is 6.54 Å². The summed E-state index contributed by atoms with van der Waals surface area (Å²) in [7, 11) is 0. The lowest BCUT2D eigenvalue weighted by molar-refractivity contribution is -0.126. The minimum atomic E-state index is -0.00460. The first-order valence-electron chi connectivity index (χ1n) is 5.93. The summed E-state index contributed by atoms with van der Waals surface area (Å²) in [5.74, 6) is -0.00460.